The third-order valence-electron chi connectivity index (χ3n) is 3.91. The highest BCUT2D eigenvalue weighted by Crippen LogP contribution is 2.27. The fourth-order valence-electron chi connectivity index (χ4n) is 2.51. The summed E-state index contributed by atoms with van der Waals surface area (Å²) in [5, 5.41) is 4.04. The largest absolute Gasteiger partial charge is 0.346 e. The van der Waals surface area contributed by atoms with E-state index in [0.29, 0.717) is 0 Å². The van der Waals surface area contributed by atoms with Crippen LogP contribution in [0.15, 0.2) is 30.3 Å². The van der Waals surface area contributed by atoms with E-state index in [0.717, 1.165) is 35.9 Å². The number of aromatic nitrogens is 1. The van der Waals surface area contributed by atoms with Gasteiger partial charge in [0.1, 0.15) is 0 Å². The minimum Gasteiger partial charge on any atom is -0.346 e. The normalized spacial score (nSPS) is 16.8. The molecule has 4 nitrogen and oxygen atoms in total. The predicted molar refractivity (Wildman–Crippen MR) is 93.7 cm³/mol. The third-order valence-corrected chi connectivity index (χ3v) is 5.04. The zero-order chi connectivity index (χ0) is 16.2. The topological polar surface area (TPSA) is 45.2 Å². The van der Waals surface area contributed by atoms with Gasteiger partial charge < -0.3 is 10.2 Å². The highest BCUT2D eigenvalue weighted by atomic mass is 32.1. The molecule has 1 aromatic heterocycles. The van der Waals surface area contributed by atoms with Gasteiger partial charge in [-0.2, -0.15) is 0 Å². The number of amides is 1. The van der Waals surface area contributed by atoms with Crippen molar-refractivity contribution in [2.45, 2.75) is 26.3 Å². The Labute approximate surface area is 140 Å². The van der Waals surface area contributed by atoms with Crippen molar-refractivity contribution in [3.63, 3.8) is 0 Å². The van der Waals surface area contributed by atoms with Crippen LogP contribution in [0.2, 0.25) is 0 Å². The molecule has 1 saturated heterocycles. The van der Waals surface area contributed by atoms with Gasteiger partial charge in [-0.15, -0.1) is 11.3 Å². The van der Waals surface area contributed by atoms with Gasteiger partial charge >= 0.3 is 0 Å². The summed E-state index contributed by atoms with van der Waals surface area (Å²) in [5.74, 6) is 5.33. The number of nitrogens with zero attached hydrogens (tertiary/aromatic N) is 2. The van der Waals surface area contributed by atoms with Crippen molar-refractivity contribution in [2.24, 2.45) is 0 Å². The van der Waals surface area contributed by atoms with E-state index in [1.54, 1.807) is 11.3 Å². The van der Waals surface area contributed by atoms with Gasteiger partial charge in [0, 0.05) is 35.5 Å². The fourth-order valence-corrected chi connectivity index (χ4v) is 3.46. The molecule has 1 aliphatic rings. The van der Waals surface area contributed by atoms with E-state index in [-0.39, 0.29) is 11.9 Å². The smallest absolute Gasteiger partial charge is 0.296 e. The molecule has 1 amide bonds. The Bertz CT molecular complexity index is 738. The number of benzene rings is 1. The van der Waals surface area contributed by atoms with E-state index < -0.39 is 0 Å². The monoisotopic (exact) mass is 325 g/mol. The Kier molecular flexibility index (Phi) is 4.63. The Balaban J connectivity index is 1.56. The van der Waals surface area contributed by atoms with Crippen molar-refractivity contribution < 1.29 is 4.79 Å². The van der Waals surface area contributed by atoms with Crippen LogP contribution >= 0.6 is 11.3 Å². The minimum absolute atomic E-state index is 0.136. The second-order valence-corrected chi connectivity index (χ2v) is 6.84. The van der Waals surface area contributed by atoms with E-state index in [1.165, 1.54) is 4.88 Å². The highest BCUT2D eigenvalue weighted by molar-refractivity contribution is 7.15. The number of carbonyl (C=O) groups excluding carboxylic acids is 1. The van der Waals surface area contributed by atoms with Crippen LogP contribution < -0.4 is 10.2 Å². The summed E-state index contributed by atoms with van der Waals surface area (Å²) in [6, 6.07) is 9.68. The lowest BCUT2D eigenvalue weighted by atomic mass is 10.2. The molecule has 1 aliphatic heterocycles. The van der Waals surface area contributed by atoms with Gasteiger partial charge in [0.15, 0.2) is 5.13 Å². The van der Waals surface area contributed by atoms with Crippen molar-refractivity contribution in [1.82, 2.24) is 10.3 Å². The Morgan fingerprint density at radius 2 is 2.13 bits per heavy atom. The van der Waals surface area contributed by atoms with Crippen molar-refractivity contribution in [3.8, 4) is 11.8 Å². The maximum absolute atomic E-state index is 12.0. The third kappa shape index (κ3) is 3.91. The first-order chi connectivity index (χ1) is 11.1. The van der Waals surface area contributed by atoms with Crippen molar-refractivity contribution in [3.05, 3.63) is 46.5 Å². The van der Waals surface area contributed by atoms with Crippen molar-refractivity contribution >= 4 is 22.4 Å². The van der Waals surface area contributed by atoms with Gasteiger partial charge in [0.25, 0.3) is 5.91 Å². The van der Waals surface area contributed by atoms with Crippen LogP contribution in [-0.4, -0.2) is 30.0 Å². The molecule has 0 saturated carbocycles. The molecule has 1 aromatic carbocycles. The van der Waals surface area contributed by atoms with E-state index in [9.17, 15) is 4.79 Å². The maximum atomic E-state index is 12.0. The molecule has 0 radical (unpaired) electrons. The minimum atomic E-state index is -0.216. The fraction of sp³-hybridized carbons (Fsp3) is 0.333. The maximum Gasteiger partial charge on any atom is 0.296 e. The first-order valence-electron chi connectivity index (χ1n) is 7.68. The molecule has 23 heavy (non-hydrogen) atoms. The number of carbonyl (C=O) groups is 1. The summed E-state index contributed by atoms with van der Waals surface area (Å²) >= 11 is 1.71. The number of nitrogens with one attached hydrogen (secondary N) is 1. The predicted octanol–water partition coefficient (Wildman–Crippen LogP) is 2.51. The lowest BCUT2D eigenvalue weighted by molar-refractivity contribution is -0.116. The average molecular weight is 325 g/mol. The van der Waals surface area contributed by atoms with Crippen LogP contribution in [0.25, 0.3) is 0 Å². The van der Waals surface area contributed by atoms with Crippen LogP contribution in [0, 0.1) is 25.7 Å². The van der Waals surface area contributed by atoms with Gasteiger partial charge in [-0.3, -0.25) is 4.79 Å². The molecular formula is C18H19N3OS. The molecule has 5 heteroatoms. The van der Waals surface area contributed by atoms with Gasteiger partial charge in [-0.05, 0) is 32.4 Å². The van der Waals surface area contributed by atoms with Crippen LogP contribution in [0.5, 0.6) is 0 Å². The van der Waals surface area contributed by atoms with E-state index in [1.807, 2.05) is 37.3 Å². The Hall–Kier alpha value is -2.32. The van der Waals surface area contributed by atoms with Gasteiger partial charge in [-0.1, -0.05) is 24.1 Å². The lowest BCUT2D eigenvalue weighted by Gasteiger charge is -2.14. The molecule has 3 rings (SSSR count). The van der Waals surface area contributed by atoms with Crippen LogP contribution in [-0.2, 0) is 4.79 Å². The summed E-state index contributed by atoms with van der Waals surface area (Å²) in [5.41, 5.74) is 1.94. The molecule has 0 bridgehead atoms. The number of aryl methyl sites for hydroxylation is 2. The number of hydrogen-bond acceptors (Lipinski definition) is 4. The summed E-state index contributed by atoms with van der Waals surface area (Å²) < 4.78 is 0. The van der Waals surface area contributed by atoms with Crippen LogP contribution in [0.1, 0.15) is 22.6 Å². The highest BCUT2D eigenvalue weighted by Gasteiger charge is 2.25. The van der Waals surface area contributed by atoms with Crippen molar-refractivity contribution in [1.29, 1.82) is 0 Å². The van der Waals surface area contributed by atoms with Crippen LogP contribution in [0.3, 0.4) is 0 Å². The summed E-state index contributed by atoms with van der Waals surface area (Å²) in [6.45, 7) is 5.84. The molecule has 1 fully saturated rings. The zero-order valence-corrected chi connectivity index (χ0v) is 14.1. The zero-order valence-electron chi connectivity index (χ0n) is 13.3. The molecule has 2 aromatic rings. The van der Waals surface area contributed by atoms with Gasteiger partial charge in [0.2, 0.25) is 0 Å². The number of rotatable bonds is 2. The number of anilines is 1. The van der Waals surface area contributed by atoms with Gasteiger partial charge in [0.05, 0.1) is 5.69 Å². The molecule has 1 N–H and O–H groups in total. The molecular weight excluding hydrogens is 306 g/mol. The molecule has 0 aliphatic carbocycles. The van der Waals surface area contributed by atoms with Crippen LogP contribution in [0.4, 0.5) is 5.13 Å². The second-order valence-electron chi connectivity index (χ2n) is 5.66. The Morgan fingerprint density at radius 1 is 1.35 bits per heavy atom. The summed E-state index contributed by atoms with van der Waals surface area (Å²) in [4.78, 5) is 20.0. The lowest BCUT2D eigenvalue weighted by Crippen LogP contribution is -2.36. The summed E-state index contributed by atoms with van der Waals surface area (Å²) in [6.07, 6.45) is 0.927. The quantitative estimate of drug-likeness (QED) is 0.863. The standard InChI is InChI=1S/C18H19N3OS/c1-13-14(2)23-18(19-13)21-11-10-16(12-21)20-17(22)9-8-15-6-4-3-5-7-15/h3-7,16H,10-12H2,1-2H3,(H,20,22). The average Bonchev–Trinajstić information content (AvgIpc) is 3.14. The Morgan fingerprint density at radius 3 is 2.83 bits per heavy atom. The van der Waals surface area contributed by atoms with E-state index in [4.69, 9.17) is 0 Å². The summed E-state index contributed by atoms with van der Waals surface area (Å²) in [7, 11) is 0. The first kappa shape index (κ1) is 15.6. The second kappa shape index (κ2) is 6.84. The first-order valence-corrected chi connectivity index (χ1v) is 8.50. The number of hydrogen-bond donors (Lipinski definition) is 1. The van der Waals surface area contributed by atoms with E-state index >= 15 is 0 Å². The number of thiazole rings is 1. The van der Waals surface area contributed by atoms with Gasteiger partial charge in [-0.25, -0.2) is 4.98 Å². The molecule has 118 valence electrons. The molecule has 0 spiro atoms. The van der Waals surface area contributed by atoms with Crippen molar-refractivity contribution in [2.75, 3.05) is 18.0 Å². The molecule has 1 atom stereocenters. The molecule has 1 unspecified atom stereocenters. The van der Waals surface area contributed by atoms with E-state index in [2.05, 4.69) is 34.0 Å². The SMILES string of the molecule is Cc1nc(N2CCC(NC(=O)C#Cc3ccccc3)C2)sc1C. The molecule has 2 heterocycles.